The standard InChI is InChI=1S/C14H16FN3O/c15-12-4-1-11(2-5-12)3-6-14(19)18-8-7-13-16-9-10-17-13/h1-2,4-5,9-10H,3,6-8H2,(H,16,17)(H,18,19). The van der Waals surface area contributed by atoms with Crippen molar-refractivity contribution in [1.29, 1.82) is 0 Å². The van der Waals surface area contributed by atoms with Crippen molar-refractivity contribution in [2.24, 2.45) is 0 Å². The number of hydrogen-bond donors (Lipinski definition) is 2. The normalized spacial score (nSPS) is 10.4. The largest absolute Gasteiger partial charge is 0.356 e. The molecule has 0 saturated carbocycles. The molecule has 5 heteroatoms. The smallest absolute Gasteiger partial charge is 0.220 e. The van der Waals surface area contributed by atoms with E-state index in [2.05, 4.69) is 15.3 Å². The fourth-order valence-corrected chi connectivity index (χ4v) is 1.75. The van der Waals surface area contributed by atoms with Gasteiger partial charge in [0.1, 0.15) is 11.6 Å². The van der Waals surface area contributed by atoms with Crippen LogP contribution in [-0.4, -0.2) is 22.4 Å². The number of halogens is 1. The van der Waals surface area contributed by atoms with Gasteiger partial charge in [0.15, 0.2) is 0 Å². The highest BCUT2D eigenvalue weighted by Crippen LogP contribution is 2.05. The molecule has 0 atom stereocenters. The molecule has 0 radical (unpaired) electrons. The summed E-state index contributed by atoms with van der Waals surface area (Å²) in [5.41, 5.74) is 0.961. The van der Waals surface area contributed by atoms with Gasteiger partial charge in [0.05, 0.1) is 0 Å². The van der Waals surface area contributed by atoms with Crippen molar-refractivity contribution in [3.05, 3.63) is 53.9 Å². The van der Waals surface area contributed by atoms with Crippen LogP contribution in [-0.2, 0) is 17.6 Å². The average Bonchev–Trinajstić information content (AvgIpc) is 2.91. The zero-order valence-corrected chi connectivity index (χ0v) is 10.5. The second-order valence-corrected chi connectivity index (χ2v) is 4.26. The van der Waals surface area contributed by atoms with E-state index < -0.39 is 0 Å². The maximum atomic E-state index is 12.7. The molecular formula is C14H16FN3O. The summed E-state index contributed by atoms with van der Waals surface area (Å²) in [6, 6.07) is 6.21. The van der Waals surface area contributed by atoms with Crippen LogP contribution in [0.1, 0.15) is 17.8 Å². The van der Waals surface area contributed by atoms with Gasteiger partial charge in [-0.3, -0.25) is 4.79 Å². The minimum atomic E-state index is -0.258. The minimum Gasteiger partial charge on any atom is -0.356 e. The molecule has 0 aliphatic heterocycles. The SMILES string of the molecule is O=C(CCc1ccc(F)cc1)NCCc1ncc[nH]1. The molecule has 0 unspecified atom stereocenters. The number of nitrogens with zero attached hydrogens (tertiary/aromatic N) is 1. The van der Waals surface area contributed by atoms with Gasteiger partial charge in [-0.05, 0) is 24.1 Å². The van der Waals surface area contributed by atoms with Crippen LogP contribution >= 0.6 is 0 Å². The van der Waals surface area contributed by atoms with Crippen molar-refractivity contribution in [1.82, 2.24) is 15.3 Å². The lowest BCUT2D eigenvalue weighted by atomic mass is 10.1. The Bertz CT molecular complexity index is 508. The number of aryl methyl sites for hydroxylation is 1. The molecule has 2 N–H and O–H groups in total. The summed E-state index contributed by atoms with van der Waals surface area (Å²) < 4.78 is 12.7. The maximum absolute atomic E-state index is 12.7. The van der Waals surface area contributed by atoms with Crippen LogP contribution < -0.4 is 5.32 Å². The summed E-state index contributed by atoms with van der Waals surface area (Å²) in [5.74, 6) is 0.598. The second-order valence-electron chi connectivity index (χ2n) is 4.26. The van der Waals surface area contributed by atoms with Crippen molar-refractivity contribution in [3.63, 3.8) is 0 Å². The van der Waals surface area contributed by atoms with Crippen LogP contribution in [0.3, 0.4) is 0 Å². The Kier molecular flexibility index (Phi) is 4.66. The second kappa shape index (κ2) is 6.68. The molecule has 4 nitrogen and oxygen atoms in total. The van der Waals surface area contributed by atoms with Crippen molar-refractivity contribution in [2.45, 2.75) is 19.3 Å². The highest BCUT2D eigenvalue weighted by Gasteiger charge is 2.03. The first-order valence-corrected chi connectivity index (χ1v) is 6.23. The first-order chi connectivity index (χ1) is 9.24. The third kappa shape index (κ3) is 4.54. The number of imidazole rings is 1. The van der Waals surface area contributed by atoms with Crippen LogP contribution in [0, 0.1) is 5.82 Å². The van der Waals surface area contributed by atoms with E-state index in [4.69, 9.17) is 0 Å². The zero-order valence-electron chi connectivity index (χ0n) is 10.5. The van der Waals surface area contributed by atoms with E-state index in [1.807, 2.05) is 0 Å². The number of amides is 1. The van der Waals surface area contributed by atoms with Crippen LogP contribution in [0.5, 0.6) is 0 Å². The lowest BCUT2D eigenvalue weighted by Gasteiger charge is -2.04. The molecule has 0 bridgehead atoms. The predicted octanol–water partition coefficient (Wildman–Crippen LogP) is 1.84. The first kappa shape index (κ1) is 13.3. The third-order valence-electron chi connectivity index (χ3n) is 2.79. The number of hydrogen-bond acceptors (Lipinski definition) is 2. The minimum absolute atomic E-state index is 0.00381. The predicted molar refractivity (Wildman–Crippen MR) is 70.0 cm³/mol. The lowest BCUT2D eigenvalue weighted by molar-refractivity contribution is -0.121. The number of benzene rings is 1. The average molecular weight is 261 g/mol. The molecule has 0 spiro atoms. The number of H-pyrrole nitrogens is 1. The summed E-state index contributed by atoms with van der Waals surface area (Å²) in [6.07, 6.45) is 5.16. The first-order valence-electron chi connectivity index (χ1n) is 6.23. The fraction of sp³-hybridized carbons (Fsp3) is 0.286. The Morgan fingerprint density at radius 2 is 2.05 bits per heavy atom. The number of rotatable bonds is 6. The van der Waals surface area contributed by atoms with Crippen molar-refractivity contribution in [2.75, 3.05) is 6.54 Å². The molecule has 100 valence electrons. The lowest BCUT2D eigenvalue weighted by Crippen LogP contribution is -2.26. The summed E-state index contributed by atoms with van der Waals surface area (Å²) in [6.45, 7) is 0.565. The molecule has 0 aliphatic carbocycles. The molecule has 1 heterocycles. The number of aromatic amines is 1. The topological polar surface area (TPSA) is 57.8 Å². The third-order valence-corrected chi connectivity index (χ3v) is 2.79. The van der Waals surface area contributed by atoms with Crippen LogP contribution in [0.25, 0.3) is 0 Å². The molecule has 2 aromatic rings. The van der Waals surface area contributed by atoms with E-state index in [-0.39, 0.29) is 11.7 Å². The molecular weight excluding hydrogens is 245 g/mol. The van der Waals surface area contributed by atoms with Gasteiger partial charge in [0.2, 0.25) is 5.91 Å². The van der Waals surface area contributed by atoms with Gasteiger partial charge in [-0.25, -0.2) is 9.37 Å². The van der Waals surface area contributed by atoms with E-state index in [0.717, 1.165) is 11.4 Å². The molecule has 1 amide bonds. The fourth-order valence-electron chi connectivity index (χ4n) is 1.75. The number of carbonyl (C=O) groups excluding carboxylic acids is 1. The Labute approximate surface area is 111 Å². The highest BCUT2D eigenvalue weighted by atomic mass is 19.1. The van der Waals surface area contributed by atoms with Gasteiger partial charge in [0, 0.05) is 31.8 Å². The quantitative estimate of drug-likeness (QED) is 0.833. The van der Waals surface area contributed by atoms with Gasteiger partial charge >= 0.3 is 0 Å². The van der Waals surface area contributed by atoms with E-state index >= 15 is 0 Å². The van der Waals surface area contributed by atoms with Gasteiger partial charge < -0.3 is 10.3 Å². The van der Waals surface area contributed by atoms with Gasteiger partial charge in [-0.2, -0.15) is 0 Å². The molecule has 1 aromatic heterocycles. The van der Waals surface area contributed by atoms with E-state index in [1.54, 1.807) is 24.5 Å². The number of aromatic nitrogens is 2. The Morgan fingerprint density at radius 1 is 1.26 bits per heavy atom. The maximum Gasteiger partial charge on any atom is 0.220 e. The van der Waals surface area contributed by atoms with Crippen LogP contribution in [0.2, 0.25) is 0 Å². The van der Waals surface area contributed by atoms with Crippen molar-refractivity contribution in [3.8, 4) is 0 Å². The van der Waals surface area contributed by atoms with Gasteiger partial charge in [0.25, 0.3) is 0 Å². The van der Waals surface area contributed by atoms with Crippen molar-refractivity contribution < 1.29 is 9.18 Å². The highest BCUT2D eigenvalue weighted by molar-refractivity contribution is 5.76. The summed E-state index contributed by atoms with van der Waals surface area (Å²) in [4.78, 5) is 18.6. The number of carbonyl (C=O) groups is 1. The molecule has 0 fully saturated rings. The summed E-state index contributed by atoms with van der Waals surface area (Å²) >= 11 is 0. The molecule has 1 aromatic carbocycles. The van der Waals surface area contributed by atoms with E-state index in [9.17, 15) is 9.18 Å². The Morgan fingerprint density at radius 3 is 2.74 bits per heavy atom. The van der Waals surface area contributed by atoms with E-state index in [0.29, 0.717) is 25.8 Å². The van der Waals surface area contributed by atoms with Crippen LogP contribution in [0.15, 0.2) is 36.7 Å². The number of nitrogens with one attached hydrogen (secondary N) is 2. The van der Waals surface area contributed by atoms with Gasteiger partial charge in [-0.1, -0.05) is 12.1 Å². The summed E-state index contributed by atoms with van der Waals surface area (Å²) in [5, 5.41) is 2.83. The van der Waals surface area contributed by atoms with Crippen LogP contribution in [0.4, 0.5) is 4.39 Å². The summed E-state index contributed by atoms with van der Waals surface area (Å²) in [7, 11) is 0. The Balaban J connectivity index is 1.65. The zero-order chi connectivity index (χ0) is 13.5. The Hall–Kier alpha value is -2.17. The molecule has 19 heavy (non-hydrogen) atoms. The van der Waals surface area contributed by atoms with Gasteiger partial charge in [-0.15, -0.1) is 0 Å². The molecule has 0 saturated heterocycles. The molecule has 0 aliphatic rings. The molecule has 2 rings (SSSR count). The van der Waals surface area contributed by atoms with Crippen molar-refractivity contribution >= 4 is 5.91 Å². The monoisotopic (exact) mass is 261 g/mol. The van der Waals surface area contributed by atoms with E-state index in [1.165, 1.54) is 12.1 Å².